The Bertz CT molecular complexity index is 1580. The zero-order valence-electron chi connectivity index (χ0n) is 27.1. The van der Waals surface area contributed by atoms with Gasteiger partial charge in [-0.3, -0.25) is 19.5 Å². The topological polar surface area (TPSA) is 176 Å². The van der Waals surface area contributed by atoms with Crippen molar-refractivity contribution in [3.05, 3.63) is 95.9 Å². The second-order valence-electron chi connectivity index (χ2n) is 11.6. The number of hydrogen-bond acceptors (Lipinski definition) is 10. The van der Waals surface area contributed by atoms with Gasteiger partial charge in [-0.1, -0.05) is 24.6 Å². The molecule has 4 aromatic rings. The number of unbranched alkanes of at least 4 members (excludes halogenated alkanes) is 1. The maximum Gasteiger partial charge on any atom is 0.320 e. The molecule has 1 aliphatic heterocycles. The highest BCUT2D eigenvalue weighted by atomic mass is 16.4. The van der Waals surface area contributed by atoms with Gasteiger partial charge in [0.15, 0.2) is 0 Å². The number of hydrogen-bond donors (Lipinski definition) is 5. The molecular weight excluding hydrogens is 594 g/mol. The summed E-state index contributed by atoms with van der Waals surface area (Å²) in [6.07, 6.45) is 7.38. The molecule has 2 aromatic heterocycles. The minimum Gasteiger partial charge on any atom is -0.480 e. The van der Waals surface area contributed by atoms with Crippen molar-refractivity contribution in [3.8, 4) is 11.3 Å². The summed E-state index contributed by atoms with van der Waals surface area (Å²) in [6.45, 7) is 7.84. The van der Waals surface area contributed by atoms with E-state index in [9.17, 15) is 9.59 Å². The fourth-order valence-electron chi connectivity index (χ4n) is 4.91. The lowest BCUT2D eigenvalue weighted by Crippen LogP contribution is -2.43. The quantitative estimate of drug-likeness (QED) is 0.141. The maximum absolute atomic E-state index is 12.9. The van der Waals surface area contributed by atoms with Crippen molar-refractivity contribution in [2.24, 2.45) is 11.5 Å². The summed E-state index contributed by atoms with van der Waals surface area (Å²) in [5.74, 6) is -0.600. The molecule has 1 atom stereocenters. The summed E-state index contributed by atoms with van der Waals surface area (Å²) < 4.78 is 0. The van der Waals surface area contributed by atoms with Crippen molar-refractivity contribution in [1.82, 2.24) is 24.8 Å². The van der Waals surface area contributed by atoms with Crippen LogP contribution >= 0.6 is 0 Å². The number of carbonyl (C=O) groups excluding carboxylic acids is 1. The number of aryl methyl sites for hydroxylation is 1. The molecule has 3 heterocycles. The van der Waals surface area contributed by atoms with Crippen LogP contribution in [0.5, 0.6) is 0 Å². The van der Waals surface area contributed by atoms with Gasteiger partial charge < -0.3 is 32.1 Å². The van der Waals surface area contributed by atoms with Crippen molar-refractivity contribution in [2.45, 2.75) is 38.8 Å². The second kappa shape index (κ2) is 17.8. The van der Waals surface area contributed by atoms with E-state index in [2.05, 4.69) is 42.4 Å². The number of carboxylic acids is 1. The van der Waals surface area contributed by atoms with E-state index in [-0.39, 0.29) is 5.91 Å². The first-order chi connectivity index (χ1) is 22.7. The van der Waals surface area contributed by atoms with Crippen LogP contribution in [0.4, 0.5) is 17.3 Å². The number of anilines is 3. The Morgan fingerprint density at radius 1 is 1.00 bits per heavy atom. The molecule has 0 bridgehead atoms. The lowest BCUT2D eigenvalue weighted by atomic mass is 10.1. The van der Waals surface area contributed by atoms with E-state index in [0.717, 1.165) is 68.1 Å². The van der Waals surface area contributed by atoms with Crippen molar-refractivity contribution in [3.63, 3.8) is 0 Å². The molecular formula is C35H45N9O3. The zero-order valence-corrected chi connectivity index (χ0v) is 27.1. The number of piperazine rings is 1. The summed E-state index contributed by atoms with van der Waals surface area (Å²) in [5, 5.41) is 14.6. The number of carboxylic acid groups (broad SMARTS) is 1. The Balaban J connectivity index is 0.000000434. The number of likely N-dealkylation sites (N-methyl/N-ethyl adjacent to an activating group) is 1. The Morgan fingerprint density at radius 2 is 1.77 bits per heavy atom. The van der Waals surface area contributed by atoms with Crippen molar-refractivity contribution in [1.29, 1.82) is 0 Å². The average Bonchev–Trinajstić information content (AvgIpc) is 3.08. The number of pyridine rings is 1. The van der Waals surface area contributed by atoms with Crippen LogP contribution in [0.2, 0.25) is 0 Å². The molecule has 1 saturated heterocycles. The molecule has 0 saturated carbocycles. The van der Waals surface area contributed by atoms with E-state index < -0.39 is 12.0 Å². The van der Waals surface area contributed by atoms with Gasteiger partial charge >= 0.3 is 5.97 Å². The van der Waals surface area contributed by atoms with Gasteiger partial charge in [0.1, 0.15) is 6.04 Å². The first-order valence-corrected chi connectivity index (χ1v) is 15.8. The monoisotopic (exact) mass is 639 g/mol. The number of amides is 1. The molecule has 2 aromatic carbocycles. The number of nitrogens with two attached hydrogens (primary N) is 2. The Kier molecular flexibility index (Phi) is 13.3. The number of benzene rings is 2. The van der Waals surface area contributed by atoms with E-state index in [4.69, 9.17) is 16.6 Å². The highest BCUT2D eigenvalue weighted by Gasteiger charge is 2.15. The van der Waals surface area contributed by atoms with Gasteiger partial charge in [0.2, 0.25) is 5.95 Å². The second-order valence-corrected chi connectivity index (χ2v) is 11.6. The molecule has 1 amide bonds. The maximum atomic E-state index is 12.9. The van der Waals surface area contributed by atoms with E-state index in [0.29, 0.717) is 30.2 Å². The molecule has 0 spiro atoms. The van der Waals surface area contributed by atoms with Gasteiger partial charge in [0.05, 0.1) is 5.69 Å². The molecule has 12 heteroatoms. The van der Waals surface area contributed by atoms with Gasteiger partial charge in [-0.25, -0.2) is 9.97 Å². The fourth-order valence-corrected chi connectivity index (χ4v) is 4.91. The highest BCUT2D eigenvalue weighted by Crippen LogP contribution is 2.25. The predicted octanol–water partition coefficient (Wildman–Crippen LogP) is 4.12. The summed E-state index contributed by atoms with van der Waals surface area (Å²) in [6, 6.07) is 18.6. The molecule has 0 aliphatic carbocycles. The number of nitrogens with zero attached hydrogens (tertiary/aromatic N) is 5. The Hall–Kier alpha value is -4.75. The summed E-state index contributed by atoms with van der Waals surface area (Å²) in [5.41, 5.74) is 16.5. The first-order valence-electron chi connectivity index (χ1n) is 15.8. The smallest absolute Gasteiger partial charge is 0.320 e. The summed E-state index contributed by atoms with van der Waals surface area (Å²) in [4.78, 5) is 41.0. The van der Waals surface area contributed by atoms with E-state index in [1.54, 1.807) is 18.6 Å². The van der Waals surface area contributed by atoms with Crippen LogP contribution in [0.15, 0.2) is 79.3 Å². The fraction of sp³-hybridized carbons (Fsp3) is 0.343. The predicted molar refractivity (Wildman–Crippen MR) is 185 cm³/mol. The van der Waals surface area contributed by atoms with Crippen molar-refractivity contribution < 1.29 is 14.7 Å². The van der Waals surface area contributed by atoms with Crippen LogP contribution < -0.4 is 22.1 Å². The summed E-state index contributed by atoms with van der Waals surface area (Å²) in [7, 11) is 2.16. The average molecular weight is 640 g/mol. The Morgan fingerprint density at radius 3 is 2.45 bits per heavy atom. The molecule has 1 aliphatic rings. The van der Waals surface area contributed by atoms with Crippen molar-refractivity contribution >= 4 is 29.2 Å². The van der Waals surface area contributed by atoms with E-state index >= 15 is 0 Å². The molecule has 12 nitrogen and oxygen atoms in total. The number of aromatic nitrogens is 3. The molecule has 248 valence electrons. The van der Waals surface area contributed by atoms with Crippen LogP contribution in [-0.2, 0) is 11.3 Å². The minimum atomic E-state index is -0.933. The standard InChI is InChI=1S/C29H31N7O.C6H14N2O2/c1-21-5-10-25(18-27(21)34-29-31-13-11-26(33-29)24-4-3-12-30-19-24)32-28(37)23-8-6-22(7-9-23)20-36-16-14-35(2)15-17-36;7-4-2-1-3-5(8)6(9)10/h3-13,18-19H,14-17,20H2,1-2H3,(H,32,37)(H,31,33,34);5H,1-4,7-8H2,(H,9,10). The van der Waals surface area contributed by atoms with Gasteiger partial charge in [0.25, 0.3) is 5.91 Å². The minimum absolute atomic E-state index is 0.143. The van der Waals surface area contributed by atoms with Crippen molar-refractivity contribution in [2.75, 3.05) is 50.4 Å². The number of nitrogens with one attached hydrogen (secondary N) is 2. The third-order valence-corrected chi connectivity index (χ3v) is 7.86. The Labute approximate surface area is 276 Å². The largest absolute Gasteiger partial charge is 0.480 e. The normalized spacial score (nSPS) is 14.0. The number of carbonyl (C=O) groups is 2. The third-order valence-electron chi connectivity index (χ3n) is 7.86. The van der Waals surface area contributed by atoms with E-state index in [1.165, 1.54) is 5.56 Å². The summed E-state index contributed by atoms with van der Waals surface area (Å²) >= 11 is 0. The highest BCUT2D eigenvalue weighted by molar-refractivity contribution is 6.04. The lowest BCUT2D eigenvalue weighted by Gasteiger charge is -2.32. The molecule has 5 rings (SSSR count). The van der Waals surface area contributed by atoms with Gasteiger partial charge in [-0.05, 0) is 86.9 Å². The van der Waals surface area contributed by atoms with E-state index in [1.807, 2.05) is 67.6 Å². The third kappa shape index (κ3) is 11.2. The molecule has 1 unspecified atom stereocenters. The van der Waals surface area contributed by atoms with Gasteiger partial charge in [-0.15, -0.1) is 0 Å². The molecule has 47 heavy (non-hydrogen) atoms. The van der Waals surface area contributed by atoms with Crippen LogP contribution in [0.25, 0.3) is 11.3 Å². The first kappa shape index (κ1) is 35.1. The van der Waals surface area contributed by atoms with Gasteiger partial charge in [0, 0.05) is 73.8 Å². The lowest BCUT2D eigenvalue weighted by molar-refractivity contribution is -0.138. The van der Waals surface area contributed by atoms with Crippen LogP contribution in [0, 0.1) is 6.92 Å². The molecule has 1 fully saturated rings. The molecule has 7 N–H and O–H groups in total. The molecule has 0 radical (unpaired) electrons. The van der Waals surface area contributed by atoms with Gasteiger partial charge in [-0.2, -0.15) is 0 Å². The number of aliphatic carboxylic acids is 1. The zero-order chi connectivity index (χ0) is 33.6. The van der Waals surface area contributed by atoms with Crippen LogP contribution in [0.3, 0.4) is 0 Å². The SMILES string of the molecule is Cc1ccc(NC(=O)c2ccc(CN3CCN(C)CC3)cc2)cc1Nc1nccc(-c2cccnc2)n1.NCCCCC(N)C(=O)O. The van der Waals surface area contributed by atoms with Crippen LogP contribution in [0.1, 0.15) is 40.7 Å². The number of rotatable bonds is 12. The van der Waals surface area contributed by atoms with Crippen LogP contribution in [-0.4, -0.2) is 87.5 Å².